The molecular formula is C25H20F3N5O2. The standard InChI is InChI=1S/C25H20F3N5O2/c26-25(27,28)21-11-18(5-3-16(21)13-29)33-24(34)15-2-1-14-4-6-19(10-17(14)9-15)35-20-7-8-32-22(12-20)23(30)31/h1-12H,13,29H2,(H3,30,31)(H,33,34). The Kier molecular flexibility index (Phi) is 6.39. The molecule has 7 nitrogen and oxygen atoms in total. The molecule has 0 saturated heterocycles. The maximum Gasteiger partial charge on any atom is 0.416 e. The molecule has 3 aromatic carbocycles. The van der Waals surface area contributed by atoms with E-state index in [0.717, 1.165) is 11.5 Å². The van der Waals surface area contributed by atoms with Crippen molar-refractivity contribution in [2.75, 3.05) is 5.32 Å². The first-order valence-corrected chi connectivity index (χ1v) is 10.4. The van der Waals surface area contributed by atoms with Crippen LogP contribution in [0, 0.1) is 5.41 Å². The summed E-state index contributed by atoms with van der Waals surface area (Å²) >= 11 is 0. The molecule has 0 aliphatic rings. The van der Waals surface area contributed by atoms with Gasteiger partial charge in [-0.1, -0.05) is 18.2 Å². The van der Waals surface area contributed by atoms with Crippen molar-refractivity contribution < 1.29 is 22.7 Å². The number of benzene rings is 3. The monoisotopic (exact) mass is 479 g/mol. The summed E-state index contributed by atoms with van der Waals surface area (Å²) in [5.74, 6) is 0.152. The van der Waals surface area contributed by atoms with Gasteiger partial charge >= 0.3 is 6.18 Å². The largest absolute Gasteiger partial charge is 0.457 e. The van der Waals surface area contributed by atoms with E-state index in [1.807, 2.05) is 0 Å². The number of pyridine rings is 1. The summed E-state index contributed by atoms with van der Waals surface area (Å²) < 4.78 is 45.7. The van der Waals surface area contributed by atoms with Crippen LogP contribution in [0.5, 0.6) is 11.5 Å². The minimum Gasteiger partial charge on any atom is -0.457 e. The van der Waals surface area contributed by atoms with Crippen molar-refractivity contribution in [3.8, 4) is 11.5 Å². The quantitative estimate of drug-likeness (QED) is 0.228. The highest BCUT2D eigenvalue weighted by molar-refractivity contribution is 6.06. The van der Waals surface area contributed by atoms with Gasteiger partial charge in [0.15, 0.2) is 0 Å². The molecule has 35 heavy (non-hydrogen) atoms. The number of nitrogen functional groups attached to an aromatic ring is 1. The Morgan fingerprint density at radius 3 is 2.43 bits per heavy atom. The second kappa shape index (κ2) is 9.43. The fraction of sp³-hybridized carbons (Fsp3) is 0.0800. The second-order valence-corrected chi connectivity index (χ2v) is 7.64. The zero-order valence-electron chi connectivity index (χ0n) is 18.2. The SMILES string of the molecule is N=C(N)c1cc(Oc2ccc3ccc(C(=O)Nc4ccc(CN)c(C(F)(F)F)c4)cc3c2)ccn1. The number of halogens is 3. The maximum absolute atomic E-state index is 13.3. The molecule has 178 valence electrons. The second-order valence-electron chi connectivity index (χ2n) is 7.64. The Balaban J connectivity index is 1.58. The number of ether oxygens (including phenoxy) is 1. The molecule has 6 N–H and O–H groups in total. The van der Waals surface area contributed by atoms with E-state index in [0.29, 0.717) is 16.9 Å². The number of aromatic nitrogens is 1. The summed E-state index contributed by atoms with van der Waals surface area (Å²) in [6.07, 6.45) is -3.12. The van der Waals surface area contributed by atoms with Crippen LogP contribution in [-0.2, 0) is 12.7 Å². The predicted octanol–water partition coefficient (Wildman–Crippen LogP) is 5.04. The number of nitrogens with zero attached hydrogens (tertiary/aromatic N) is 1. The summed E-state index contributed by atoms with van der Waals surface area (Å²) in [4.78, 5) is 16.7. The number of hydrogen-bond acceptors (Lipinski definition) is 5. The van der Waals surface area contributed by atoms with E-state index in [1.165, 1.54) is 24.4 Å². The molecular weight excluding hydrogens is 459 g/mol. The van der Waals surface area contributed by atoms with Crippen LogP contribution in [0.2, 0.25) is 0 Å². The Hall–Kier alpha value is -4.44. The summed E-state index contributed by atoms with van der Waals surface area (Å²) in [6.45, 7) is -0.270. The highest BCUT2D eigenvalue weighted by Crippen LogP contribution is 2.34. The Labute approximate surface area is 198 Å². The molecule has 0 bridgehead atoms. The number of amidine groups is 1. The lowest BCUT2D eigenvalue weighted by molar-refractivity contribution is -0.138. The smallest absolute Gasteiger partial charge is 0.416 e. The molecule has 4 rings (SSSR count). The van der Waals surface area contributed by atoms with Gasteiger partial charge < -0.3 is 21.5 Å². The van der Waals surface area contributed by atoms with Crippen molar-refractivity contribution in [1.82, 2.24) is 4.98 Å². The molecule has 1 aromatic heterocycles. The minimum atomic E-state index is -4.59. The highest BCUT2D eigenvalue weighted by atomic mass is 19.4. The summed E-state index contributed by atoms with van der Waals surface area (Å²) in [5, 5.41) is 11.5. The van der Waals surface area contributed by atoms with Crippen LogP contribution in [0.3, 0.4) is 0 Å². The van der Waals surface area contributed by atoms with Crippen LogP contribution in [0.4, 0.5) is 18.9 Å². The fourth-order valence-electron chi connectivity index (χ4n) is 3.49. The molecule has 0 fully saturated rings. The van der Waals surface area contributed by atoms with Crippen molar-refractivity contribution in [1.29, 1.82) is 5.41 Å². The third-order valence-electron chi connectivity index (χ3n) is 5.21. The van der Waals surface area contributed by atoms with Crippen LogP contribution in [0.15, 0.2) is 72.9 Å². The van der Waals surface area contributed by atoms with E-state index in [2.05, 4.69) is 10.3 Å². The van der Waals surface area contributed by atoms with Gasteiger partial charge in [-0.15, -0.1) is 0 Å². The first kappa shape index (κ1) is 23.7. The van der Waals surface area contributed by atoms with E-state index in [1.54, 1.807) is 42.5 Å². The van der Waals surface area contributed by atoms with E-state index in [4.69, 9.17) is 21.6 Å². The van der Waals surface area contributed by atoms with E-state index < -0.39 is 17.6 Å². The summed E-state index contributed by atoms with van der Waals surface area (Å²) in [7, 11) is 0. The first-order chi connectivity index (χ1) is 16.6. The lowest BCUT2D eigenvalue weighted by Crippen LogP contribution is -2.15. The average Bonchev–Trinajstić information content (AvgIpc) is 2.83. The number of rotatable bonds is 6. The highest BCUT2D eigenvalue weighted by Gasteiger charge is 2.33. The molecule has 0 saturated carbocycles. The lowest BCUT2D eigenvalue weighted by Gasteiger charge is -2.14. The molecule has 0 atom stereocenters. The fourth-order valence-corrected chi connectivity index (χ4v) is 3.49. The maximum atomic E-state index is 13.3. The molecule has 10 heteroatoms. The van der Waals surface area contributed by atoms with Crippen LogP contribution in [0.25, 0.3) is 10.8 Å². The van der Waals surface area contributed by atoms with Crippen molar-refractivity contribution in [3.05, 3.63) is 95.3 Å². The lowest BCUT2D eigenvalue weighted by atomic mass is 10.0. The van der Waals surface area contributed by atoms with Crippen molar-refractivity contribution in [2.24, 2.45) is 11.5 Å². The van der Waals surface area contributed by atoms with Crippen LogP contribution in [-0.4, -0.2) is 16.7 Å². The average molecular weight is 479 g/mol. The first-order valence-electron chi connectivity index (χ1n) is 10.4. The van der Waals surface area contributed by atoms with Gasteiger partial charge in [-0.05, 0) is 58.8 Å². The van der Waals surface area contributed by atoms with Gasteiger partial charge in [0.2, 0.25) is 0 Å². The van der Waals surface area contributed by atoms with Gasteiger partial charge in [-0.3, -0.25) is 15.2 Å². The van der Waals surface area contributed by atoms with Gasteiger partial charge in [0.05, 0.1) is 5.56 Å². The normalized spacial score (nSPS) is 11.3. The van der Waals surface area contributed by atoms with E-state index in [-0.39, 0.29) is 34.9 Å². The number of carbonyl (C=O) groups is 1. The number of amides is 1. The number of hydrogen-bond donors (Lipinski definition) is 4. The third kappa shape index (κ3) is 5.39. The Bertz CT molecular complexity index is 1440. The zero-order chi connectivity index (χ0) is 25.2. The number of nitrogens with two attached hydrogens (primary N) is 2. The third-order valence-corrected chi connectivity index (χ3v) is 5.21. The Morgan fingerprint density at radius 1 is 0.971 bits per heavy atom. The minimum absolute atomic E-state index is 0.00988. The number of alkyl halides is 3. The molecule has 0 radical (unpaired) electrons. The Morgan fingerprint density at radius 2 is 1.71 bits per heavy atom. The summed E-state index contributed by atoms with van der Waals surface area (Å²) in [6, 6.07) is 16.8. The van der Waals surface area contributed by atoms with Crippen LogP contribution < -0.4 is 21.5 Å². The van der Waals surface area contributed by atoms with E-state index in [9.17, 15) is 18.0 Å². The predicted molar refractivity (Wildman–Crippen MR) is 127 cm³/mol. The number of fused-ring (bicyclic) bond motifs is 1. The topological polar surface area (TPSA) is 127 Å². The van der Waals surface area contributed by atoms with Crippen molar-refractivity contribution in [3.63, 3.8) is 0 Å². The van der Waals surface area contributed by atoms with Gasteiger partial charge in [-0.2, -0.15) is 13.2 Å². The number of nitrogens with one attached hydrogen (secondary N) is 2. The molecule has 0 spiro atoms. The van der Waals surface area contributed by atoms with Gasteiger partial charge in [-0.25, -0.2) is 0 Å². The van der Waals surface area contributed by atoms with Crippen LogP contribution >= 0.6 is 0 Å². The van der Waals surface area contributed by atoms with Crippen molar-refractivity contribution in [2.45, 2.75) is 12.7 Å². The zero-order valence-corrected chi connectivity index (χ0v) is 18.2. The summed E-state index contributed by atoms with van der Waals surface area (Å²) in [5.41, 5.74) is 10.5. The molecule has 0 unspecified atom stereocenters. The van der Waals surface area contributed by atoms with Crippen LogP contribution in [0.1, 0.15) is 27.2 Å². The molecule has 1 amide bonds. The molecule has 4 aromatic rings. The van der Waals surface area contributed by atoms with Gasteiger partial charge in [0.1, 0.15) is 23.0 Å². The number of carbonyl (C=O) groups excluding carboxylic acids is 1. The van der Waals surface area contributed by atoms with Crippen molar-refractivity contribution >= 4 is 28.2 Å². The molecule has 0 aliphatic heterocycles. The molecule has 1 heterocycles. The molecule has 0 aliphatic carbocycles. The number of anilines is 1. The van der Waals surface area contributed by atoms with Gasteiger partial charge in [0.25, 0.3) is 5.91 Å². The van der Waals surface area contributed by atoms with Gasteiger partial charge in [0, 0.05) is 30.1 Å². The van der Waals surface area contributed by atoms with E-state index >= 15 is 0 Å².